The van der Waals surface area contributed by atoms with Crippen LogP contribution in [0, 0.1) is 11.7 Å². The van der Waals surface area contributed by atoms with E-state index in [0.717, 1.165) is 0 Å². The second kappa shape index (κ2) is 6.15. The van der Waals surface area contributed by atoms with Gasteiger partial charge in [-0.3, -0.25) is 14.7 Å². The van der Waals surface area contributed by atoms with Crippen LogP contribution in [0.25, 0.3) is 0 Å². The summed E-state index contributed by atoms with van der Waals surface area (Å²) in [5, 5.41) is 16.2. The number of aromatic amines is 2. The van der Waals surface area contributed by atoms with Gasteiger partial charge in [-0.15, -0.1) is 0 Å². The second-order valence-electron chi connectivity index (χ2n) is 7.00. The van der Waals surface area contributed by atoms with E-state index in [-0.39, 0.29) is 18.1 Å². The van der Waals surface area contributed by atoms with Crippen molar-refractivity contribution >= 4 is 5.97 Å². The van der Waals surface area contributed by atoms with Crippen LogP contribution in [-0.4, -0.2) is 33.0 Å². The minimum absolute atomic E-state index is 0.108. The van der Waals surface area contributed by atoms with Crippen LogP contribution in [-0.2, 0) is 16.0 Å². The molecule has 1 heterocycles. The molecule has 6 nitrogen and oxygen atoms in total. The van der Waals surface area contributed by atoms with Crippen molar-refractivity contribution in [1.29, 1.82) is 0 Å². The number of aromatic nitrogens is 2. The van der Waals surface area contributed by atoms with Crippen molar-refractivity contribution in [2.24, 2.45) is 5.92 Å². The third-order valence-corrected chi connectivity index (χ3v) is 4.58. The molecule has 0 aliphatic heterocycles. The summed E-state index contributed by atoms with van der Waals surface area (Å²) in [5.41, 5.74) is -0.300. The Morgan fingerprint density at radius 2 is 1.96 bits per heavy atom. The van der Waals surface area contributed by atoms with Gasteiger partial charge in [-0.05, 0) is 38.5 Å². The highest BCUT2D eigenvalue weighted by molar-refractivity contribution is 5.77. The van der Waals surface area contributed by atoms with Gasteiger partial charge in [0.15, 0.2) is 0 Å². The Morgan fingerprint density at radius 1 is 1.32 bits per heavy atom. The average molecular weight is 348 g/mol. The van der Waals surface area contributed by atoms with E-state index < -0.39 is 29.2 Å². The number of fused-ring (bicyclic) bond motifs is 1. The Bertz CT molecular complexity index is 836. The largest absolute Gasteiger partial charge is 0.463 e. The molecule has 134 valence electrons. The maximum atomic E-state index is 13.3. The van der Waals surface area contributed by atoms with E-state index in [2.05, 4.69) is 10.2 Å². The number of H-pyrrole nitrogens is 2. The van der Waals surface area contributed by atoms with Gasteiger partial charge in [-0.2, -0.15) is 0 Å². The van der Waals surface area contributed by atoms with E-state index in [1.165, 1.54) is 24.3 Å². The van der Waals surface area contributed by atoms with E-state index in [1.807, 2.05) is 0 Å². The first kappa shape index (κ1) is 17.4. The molecule has 3 rings (SSSR count). The minimum atomic E-state index is -1.43. The number of rotatable bonds is 3. The molecule has 1 aromatic heterocycles. The summed E-state index contributed by atoms with van der Waals surface area (Å²) in [4.78, 5) is 25.1. The molecule has 0 bridgehead atoms. The number of ether oxygens (including phenoxy) is 1. The Balaban J connectivity index is 2.18. The second-order valence-corrected chi connectivity index (χ2v) is 7.00. The van der Waals surface area contributed by atoms with Crippen molar-refractivity contribution in [2.75, 3.05) is 0 Å². The Labute approximate surface area is 144 Å². The van der Waals surface area contributed by atoms with E-state index in [1.54, 1.807) is 20.8 Å². The molecule has 0 radical (unpaired) electrons. The highest BCUT2D eigenvalue weighted by Crippen LogP contribution is 2.44. The predicted octanol–water partition coefficient (Wildman–Crippen LogP) is 1.85. The van der Waals surface area contributed by atoms with Crippen molar-refractivity contribution in [1.82, 2.24) is 10.2 Å². The molecule has 0 amide bonds. The smallest absolute Gasteiger partial charge is 0.313 e. The van der Waals surface area contributed by atoms with Gasteiger partial charge in [0.1, 0.15) is 5.82 Å². The van der Waals surface area contributed by atoms with E-state index in [4.69, 9.17) is 4.74 Å². The SMILES string of the molecule is CC(C)OC(=O)[C@H]1[C@H](c2ccc(F)cc2)c2c([nH][nH]c2=O)C[C@@]1(C)O. The number of nitrogens with one attached hydrogen (secondary N) is 2. The lowest BCUT2D eigenvalue weighted by Gasteiger charge is -2.40. The number of carbonyl (C=O) groups excluding carboxylic acids is 1. The first-order chi connectivity index (χ1) is 11.7. The predicted molar refractivity (Wildman–Crippen MR) is 88.7 cm³/mol. The van der Waals surface area contributed by atoms with Crippen LogP contribution in [0.3, 0.4) is 0 Å². The summed E-state index contributed by atoms with van der Waals surface area (Å²) in [7, 11) is 0. The highest BCUT2D eigenvalue weighted by Gasteiger charge is 2.51. The van der Waals surface area contributed by atoms with Gasteiger partial charge in [0.2, 0.25) is 0 Å². The van der Waals surface area contributed by atoms with Crippen molar-refractivity contribution in [2.45, 2.75) is 44.8 Å². The van der Waals surface area contributed by atoms with Crippen molar-refractivity contribution in [3.63, 3.8) is 0 Å². The molecule has 0 fully saturated rings. The van der Waals surface area contributed by atoms with Gasteiger partial charge in [0.05, 0.1) is 17.6 Å². The van der Waals surface area contributed by atoms with Gasteiger partial charge in [0, 0.05) is 23.6 Å². The lowest BCUT2D eigenvalue weighted by molar-refractivity contribution is -0.163. The van der Waals surface area contributed by atoms with E-state index >= 15 is 0 Å². The molecule has 1 aromatic carbocycles. The quantitative estimate of drug-likeness (QED) is 0.738. The number of esters is 1. The van der Waals surface area contributed by atoms with Gasteiger partial charge >= 0.3 is 5.97 Å². The van der Waals surface area contributed by atoms with Crippen LogP contribution >= 0.6 is 0 Å². The minimum Gasteiger partial charge on any atom is -0.463 e. The van der Waals surface area contributed by atoms with Crippen LogP contribution in [0.5, 0.6) is 0 Å². The number of hydrogen-bond donors (Lipinski definition) is 3. The first-order valence-corrected chi connectivity index (χ1v) is 8.18. The summed E-state index contributed by atoms with van der Waals surface area (Å²) in [5.74, 6) is -2.72. The van der Waals surface area contributed by atoms with Crippen molar-refractivity contribution in [3.05, 3.63) is 57.3 Å². The molecule has 3 N–H and O–H groups in total. The fourth-order valence-corrected chi connectivity index (χ4v) is 3.59. The van der Waals surface area contributed by atoms with Gasteiger partial charge < -0.3 is 14.9 Å². The molecule has 2 aromatic rings. The average Bonchev–Trinajstić information content (AvgIpc) is 2.85. The first-order valence-electron chi connectivity index (χ1n) is 8.18. The zero-order chi connectivity index (χ0) is 18.4. The third-order valence-electron chi connectivity index (χ3n) is 4.58. The normalized spacial score (nSPS) is 25.7. The molecule has 7 heteroatoms. The summed E-state index contributed by atoms with van der Waals surface area (Å²) < 4.78 is 18.7. The summed E-state index contributed by atoms with van der Waals surface area (Å²) >= 11 is 0. The molecular formula is C18H21FN2O4. The number of benzene rings is 1. The fraction of sp³-hybridized carbons (Fsp3) is 0.444. The van der Waals surface area contributed by atoms with Crippen LogP contribution in [0.4, 0.5) is 4.39 Å². The Hall–Kier alpha value is -2.41. The molecule has 1 aliphatic rings. The Kier molecular flexibility index (Phi) is 4.28. The Morgan fingerprint density at radius 3 is 2.56 bits per heavy atom. The monoisotopic (exact) mass is 348 g/mol. The summed E-state index contributed by atoms with van der Waals surface area (Å²) in [6, 6.07) is 5.58. The molecule has 0 unspecified atom stereocenters. The van der Waals surface area contributed by atoms with Gasteiger partial charge in [0.25, 0.3) is 5.56 Å². The molecule has 3 atom stereocenters. The van der Waals surface area contributed by atoms with E-state index in [9.17, 15) is 19.1 Å². The van der Waals surface area contributed by atoms with Gasteiger partial charge in [-0.1, -0.05) is 12.1 Å². The third kappa shape index (κ3) is 3.11. The van der Waals surface area contributed by atoms with Crippen LogP contribution in [0.15, 0.2) is 29.1 Å². The highest BCUT2D eigenvalue weighted by atomic mass is 19.1. The van der Waals surface area contributed by atoms with E-state index in [0.29, 0.717) is 16.8 Å². The molecule has 1 aliphatic carbocycles. The number of carbonyl (C=O) groups is 1. The van der Waals surface area contributed by atoms with Crippen molar-refractivity contribution in [3.8, 4) is 0 Å². The zero-order valence-electron chi connectivity index (χ0n) is 14.3. The standard InChI is InChI=1S/C18H21FN2O4/c1-9(2)25-17(23)15-13(10-4-6-11(19)7-5-10)14-12(8-18(15,3)24)20-21-16(14)22/h4-7,9,13,15,24H,8H2,1-3H3,(H2,20,21,22)/t13-,15-,18-/m1/s1. The maximum absolute atomic E-state index is 13.3. The van der Waals surface area contributed by atoms with Gasteiger partial charge in [-0.25, -0.2) is 4.39 Å². The number of hydrogen-bond acceptors (Lipinski definition) is 4. The molecular weight excluding hydrogens is 327 g/mol. The molecule has 0 saturated heterocycles. The lowest BCUT2D eigenvalue weighted by atomic mass is 9.66. The summed E-state index contributed by atoms with van der Waals surface area (Å²) in [6.07, 6.45) is -0.250. The number of halogens is 1. The lowest BCUT2D eigenvalue weighted by Crippen LogP contribution is -2.50. The molecule has 25 heavy (non-hydrogen) atoms. The molecule has 0 spiro atoms. The zero-order valence-corrected chi connectivity index (χ0v) is 14.3. The summed E-state index contributed by atoms with van der Waals surface area (Å²) in [6.45, 7) is 4.98. The number of aliphatic hydroxyl groups is 1. The van der Waals surface area contributed by atoms with Crippen LogP contribution < -0.4 is 5.56 Å². The van der Waals surface area contributed by atoms with Crippen LogP contribution in [0.1, 0.15) is 43.5 Å². The fourth-order valence-electron chi connectivity index (χ4n) is 3.59. The van der Waals surface area contributed by atoms with Crippen LogP contribution in [0.2, 0.25) is 0 Å². The topological polar surface area (TPSA) is 95.2 Å². The molecule has 0 saturated carbocycles. The maximum Gasteiger partial charge on any atom is 0.313 e. The van der Waals surface area contributed by atoms with Crippen molar-refractivity contribution < 1.29 is 19.0 Å².